The van der Waals surface area contributed by atoms with Crippen molar-refractivity contribution in [1.82, 2.24) is 10.2 Å². The SMILES string of the molecule is CC(C)C1CN(C(=O)NCCS(=O)c2ccccc2)CCS1. The number of nitrogens with one attached hydrogen (secondary N) is 1. The Bertz CT molecular complexity index is 508. The van der Waals surface area contributed by atoms with Crippen LogP contribution in [0.2, 0.25) is 0 Å². The van der Waals surface area contributed by atoms with Gasteiger partial charge in [-0.3, -0.25) is 4.21 Å². The first kappa shape index (κ1) is 17.3. The zero-order valence-electron chi connectivity index (χ0n) is 13.2. The van der Waals surface area contributed by atoms with Crippen LogP contribution >= 0.6 is 11.8 Å². The standard InChI is InChI=1S/C16H24N2O2S2/c1-13(2)15-12-18(9-10-21-15)16(19)17-8-11-22(20)14-6-4-3-5-7-14/h3-7,13,15H,8-12H2,1-2H3,(H,17,19). The highest BCUT2D eigenvalue weighted by molar-refractivity contribution is 8.00. The summed E-state index contributed by atoms with van der Waals surface area (Å²) >= 11 is 1.95. The summed E-state index contributed by atoms with van der Waals surface area (Å²) in [6.07, 6.45) is 0. The van der Waals surface area contributed by atoms with Crippen molar-refractivity contribution in [3.05, 3.63) is 30.3 Å². The molecule has 0 radical (unpaired) electrons. The number of nitrogens with zero attached hydrogens (tertiary/aromatic N) is 1. The van der Waals surface area contributed by atoms with Gasteiger partial charge in [0, 0.05) is 41.3 Å². The van der Waals surface area contributed by atoms with Crippen molar-refractivity contribution < 1.29 is 9.00 Å². The van der Waals surface area contributed by atoms with Gasteiger partial charge in [-0.1, -0.05) is 32.0 Å². The van der Waals surface area contributed by atoms with Crippen LogP contribution in [0.1, 0.15) is 13.8 Å². The second kappa shape index (κ2) is 8.58. The molecule has 2 unspecified atom stereocenters. The second-order valence-corrected chi connectivity index (χ2v) is 8.61. The smallest absolute Gasteiger partial charge is 0.317 e. The number of benzene rings is 1. The summed E-state index contributed by atoms with van der Waals surface area (Å²) in [5.41, 5.74) is 0. The summed E-state index contributed by atoms with van der Waals surface area (Å²) < 4.78 is 12.1. The van der Waals surface area contributed by atoms with Crippen molar-refractivity contribution in [3.63, 3.8) is 0 Å². The summed E-state index contributed by atoms with van der Waals surface area (Å²) in [7, 11) is -1.06. The highest BCUT2D eigenvalue weighted by atomic mass is 32.2. The molecule has 6 heteroatoms. The van der Waals surface area contributed by atoms with E-state index in [0.717, 1.165) is 23.7 Å². The molecule has 4 nitrogen and oxygen atoms in total. The van der Waals surface area contributed by atoms with E-state index in [4.69, 9.17) is 0 Å². The number of hydrogen-bond donors (Lipinski definition) is 1. The quantitative estimate of drug-likeness (QED) is 0.896. The highest BCUT2D eigenvalue weighted by Crippen LogP contribution is 2.24. The molecular formula is C16H24N2O2S2. The van der Waals surface area contributed by atoms with Crippen LogP contribution in [-0.2, 0) is 10.8 Å². The van der Waals surface area contributed by atoms with Gasteiger partial charge in [-0.25, -0.2) is 4.79 Å². The Kier molecular flexibility index (Phi) is 6.76. The molecule has 1 aliphatic heterocycles. The Labute approximate surface area is 139 Å². The summed E-state index contributed by atoms with van der Waals surface area (Å²) in [4.78, 5) is 14.9. The van der Waals surface area contributed by atoms with Gasteiger partial charge in [0.1, 0.15) is 0 Å². The number of urea groups is 1. The molecule has 0 bridgehead atoms. The molecule has 2 amide bonds. The van der Waals surface area contributed by atoms with E-state index in [1.807, 2.05) is 47.0 Å². The van der Waals surface area contributed by atoms with Crippen LogP contribution in [0.3, 0.4) is 0 Å². The van der Waals surface area contributed by atoms with Gasteiger partial charge in [-0.05, 0) is 18.1 Å². The van der Waals surface area contributed by atoms with Crippen molar-refractivity contribution in [3.8, 4) is 0 Å². The lowest BCUT2D eigenvalue weighted by Gasteiger charge is -2.34. The van der Waals surface area contributed by atoms with E-state index in [1.165, 1.54) is 0 Å². The molecule has 122 valence electrons. The molecule has 1 aliphatic rings. The molecule has 1 fully saturated rings. The molecule has 1 saturated heterocycles. The van der Waals surface area contributed by atoms with Gasteiger partial charge in [0.05, 0.1) is 10.8 Å². The third-order valence-corrected chi connectivity index (χ3v) is 6.61. The number of carbonyl (C=O) groups is 1. The number of hydrogen-bond acceptors (Lipinski definition) is 3. The number of thioether (sulfide) groups is 1. The van der Waals surface area contributed by atoms with E-state index in [1.54, 1.807) is 0 Å². The number of rotatable bonds is 5. The number of carbonyl (C=O) groups excluding carboxylic acids is 1. The molecule has 0 saturated carbocycles. The molecule has 1 aromatic rings. The lowest BCUT2D eigenvalue weighted by Crippen LogP contribution is -2.48. The minimum atomic E-state index is -1.06. The van der Waals surface area contributed by atoms with Gasteiger partial charge >= 0.3 is 6.03 Å². The van der Waals surface area contributed by atoms with Crippen LogP contribution in [0.4, 0.5) is 4.79 Å². The van der Waals surface area contributed by atoms with Crippen molar-refractivity contribution in [2.45, 2.75) is 24.0 Å². The van der Waals surface area contributed by atoms with Gasteiger partial charge in [-0.2, -0.15) is 11.8 Å². The molecule has 2 atom stereocenters. The topological polar surface area (TPSA) is 49.4 Å². The lowest BCUT2D eigenvalue weighted by molar-refractivity contribution is 0.198. The monoisotopic (exact) mass is 340 g/mol. The normalized spacial score (nSPS) is 20.0. The van der Waals surface area contributed by atoms with E-state index in [2.05, 4.69) is 19.2 Å². The molecule has 1 heterocycles. The Hall–Kier alpha value is -1.01. The minimum absolute atomic E-state index is 0.0315. The lowest BCUT2D eigenvalue weighted by atomic mass is 10.1. The Morgan fingerprint density at radius 1 is 1.41 bits per heavy atom. The third kappa shape index (κ3) is 5.02. The average Bonchev–Trinajstić information content (AvgIpc) is 2.55. The fourth-order valence-corrected chi connectivity index (χ4v) is 4.60. The molecule has 2 rings (SSSR count). The van der Waals surface area contributed by atoms with Crippen LogP contribution in [0.25, 0.3) is 0 Å². The van der Waals surface area contributed by atoms with Crippen molar-refractivity contribution in [1.29, 1.82) is 0 Å². The molecule has 22 heavy (non-hydrogen) atoms. The highest BCUT2D eigenvalue weighted by Gasteiger charge is 2.25. The van der Waals surface area contributed by atoms with Crippen LogP contribution < -0.4 is 5.32 Å². The van der Waals surface area contributed by atoms with Crippen LogP contribution in [0.15, 0.2) is 35.2 Å². The minimum Gasteiger partial charge on any atom is -0.337 e. The second-order valence-electron chi connectivity index (χ2n) is 5.69. The number of amides is 2. The zero-order chi connectivity index (χ0) is 15.9. The van der Waals surface area contributed by atoms with E-state index in [-0.39, 0.29) is 6.03 Å². The van der Waals surface area contributed by atoms with Crippen molar-refractivity contribution >= 4 is 28.6 Å². The van der Waals surface area contributed by atoms with Crippen LogP contribution in [0, 0.1) is 5.92 Å². The van der Waals surface area contributed by atoms with Crippen molar-refractivity contribution in [2.75, 3.05) is 31.1 Å². The van der Waals surface area contributed by atoms with Crippen LogP contribution in [0.5, 0.6) is 0 Å². The molecule has 0 aliphatic carbocycles. The summed E-state index contributed by atoms with van der Waals surface area (Å²) in [6, 6.07) is 9.34. The van der Waals surface area contributed by atoms with E-state index < -0.39 is 10.8 Å². The third-order valence-electron chi connectivity index (χ3n) is 3.69. The first-order valence-corrected chi connectivity index (χ1v) is 10.0. The summed E-state index contributed by atoms with van der Waals surface area (Å²) in [6.45, 7) is 6.43. The largest absolute Gasteiger partial charge is 0.337 e. The van der Waals surface area contributed by atoms with Gasteiger partial charge in [0.2, 0.25) is 0 Å². The van der Waals surface area contributed by atoms with Gasteiger partial charge in [-0.15, -0.1) is 0 Å². The van der Waals surface area contributed by atoms with Crippen LogP contribution in [-0.4, -0.2) is 51.5 Å². The maximum Gasteiger partial charge on any atom is 0.317 e. The first-order valence-electron chi connectivity index (χ1n) is 7.65. The first-order chi connectivity index (χ1) is 10.6. The maximum atomic E-state index is 12.2. The van der Waals surface area contributed by atoms with E-state index in [0.29, 0.717) is 23.5 Å². The molecule has 1 N–H and O–H groups in total. The van der Waals surface area contributed by atoms with Crippen molar-refractivity contribution in [2.24, 2.45) is 5.92 Å². The molecule has 0 aromatic heterocycles. The van der Waals surface area contributed by atoms with Gasteiger partial charge in [0.15, 0.2) is 0 Å². The van der Waals surface area contributed by atoms with E-state index in [9.17, 15) is 9.00 Å². The summed E-state index contributed by atoms with van der Waals surface area (Å²) in [5, 5.41) is 3.41. The Morgan fingerprint density at radius 2 is 2.14 bits per heavy atom. The average molecular weight is 341 g/mol. The maximum absolute atomic E-state index is 12.2. The molecule has 1 aromatic carbocycles. The van der Waals surface area contributed by atoms with E-state index >= 15 is 0 Å². The predicted octanol–water partition coefficient (Wildman–Crippen LogP) is 2.58. The zero-order valence-corrected chi connectivity index (χ0v) is 14.8. The van der Waals surface area contributed by atoms with Gasteiger partial charge < -0.3 is 10.2 Å². The van der Waals surface area contributed by atoms with Gasteiger partial charge in [0.25, 0.3) is 0 Å². The molecular weight excluding hydrogens is 316 g/mol. The predicted molar refractivity (Wildman–Crippen MR) is 93.8 cm³/mol. The Morgan fingerprint density at radius 3 is 2.82 bits per heavy atom. The summed E-state index contributed by atoms with van der Waals surface area (Å²) in [5.74, 6) is 2.02. The fraction of sp³-hybridized carbons (Fsp3) is 0.562. The Balaban J connectivity index is 1.75. The molecule has 0 spiro atoms. The fourth-order valence-electron chi connectivity index (χ4n) is 2.32.